The third kappa shape index (κ3) is 3.06. The number of anilines is 1. The van der Waals surface area contributed by atoms with Gasteiger partial charge in [0.15, 0.2) is 5.78 Å². The Balaban J connectivity index is 1.83. The molecule has 7 heteroatoms. The monoisotopic (exact) mass is 460 g/mol. The number of methoxy groups -OCH3 is 1. The number of Topliss-reactive ketones (excluding diaryl/α,β-unsaturated/α-hetero) is 1. The summed E-state index contributed by atoms with van der Waals surface area (Å²) >= 11 is 3.49. The molecule has 29 heavy (non-hydrogen) atoms. The van der Waals surface area contributed by atoms with Gasteiger partial charge in [0.1, 0.15) is 6.04 Å². The number of ether oxygens (including phenoxy) is 1. The molecule has 0 aliphatic carbocycles. The molecular formula is C22H25BrN2O4. The third-order valence-corrected chi connectivity index (χ3v) is 6.58. The number of hydrogen-bond donors (Lipinski definition) is 0. The largest absolute Gasteiger partial charge is 0.383 e. The van der Waals surface area contributed by atoms with Crippen molar-refractivity contribution in [3.8, 4) is 0 Å². The second kappa shape index (κ2) is 7.06. The van der Waals surface area contributed by atoms with Crippen LogP contribution >= 0.6 is 15.9 Å². The van der Waals surface area contributed by atoms with Crippen LogP contribution in [0.3, 0.4) is 0 Å². The van der Waals surface area contributed by atoms with Crippen molar-refractivity contribution in [2.45, 2.75) is 32.9 Å². The van der Waals surface area contributed by atoms with Crippen LogP contribution in [0.25, 0.3) is 6.08 Å². The minimum atomic E-state index is -0.671. The van der Waals surface area contributed by atoms with Gasteiger partial charge in [-0.2, -0.15) is 0 Å². The molecule has 2 amide bonds. The van der Waals surface area contributed by atoms with Crippen LogP contribution in [-0.2, 0) is 19.1 Å². The summed E-state index contributed by atoms with van der Waals surface area (Å²) in [5, 5.41) is 0. The molecule has 0 radical (unpaired) electrons. The normalized spacial score (nSPS) is 27.9. The summed E-state index contributed by atoms with van der Waals surface area (Å²) in [4.78, 5) is 43.3. The van der Waals surface area contributed by atoms with Crippen molar-refractivity contribution in [2.75, 3.05) is 25.2 Å². The van der Waals surface area contributed by atoms with Gasteiger partial charge in [0.05, 0.1) is 31.0 Å². The zero-order chi connectivity index (χ0) is 21.1. The Kier molecular flexibility index (Phi) is 4.94. The van der Waals surface area contributed by atoms with Gasteiger partial charge < -0.3 is 9.64 Å². The van der Waals surface area contributed by atoms with Crippen LogP contribution in [0.4, 0.5) is 5.69 Å². The average molecular weight is 461 g/mol. The first-order valence-electron chi connectivity index (χ1n) is 9.81. The minimum absolute atomic E-state index is 0.0195. The molecule has 3 heterocycles. The fourth-order valence-corrected chi connectivity index (χ4v) is 5.13. The summed E-state index contributed by atoms with van der Waals surface area (Å²) < 4.78 is 6.01. The summed E-state index contributed by atoms with van der Waals surface area (Å²) in [5.74, 6) is -1.71. The van der Waals surface area contributed by atoms with Crippen molar-refractivity contribution in [3.05, 3.63) is 34.3 Å². The quantitative estimate of drug-likeness (QED) is 0.646. The first kappa shape index (κ1) is 20.3. The number of likely N-dealkylation sites (tertiary alicyclic amines) is 1. The highest BCUT2D eigenvalue weighted by Crippen LogP contribution is 2.50. The molecule has 0 bridgehead atoms. The highest BCUT2D eigenvalue weighted by molar-refractivity contribution is 9.10. The second-order valence-corrected chi connectivity index (χ2v) is 9.81. The number of rotatable bonds is 4. The van der Waals surface area contributed by atoms with E-state index in [4.69, 9.17) is 4.74 Å². The summed E-state index contributed by atoms with van der Waals surface area (Å²) in [6.07, 6.45) is 3.95. The molecule has 1 aromatic rings. The fourth-order valence-electron chi connectivity index (χ4n) is 4.75. The molecular weight excluding hydrogens is 436 g/mol. The molecule has 3 aliphatic heterocycles. The van der Waals surface area contributed by atoms with Gasteiger partial charge >= 0.3 is 0 Å². The molecule has 0 saturated carbocycles. The Morgan fingerprint density at radius 1 is 1.17 bits per heavy atom. The molecule has 154 valence electrons. The number of carbonyl (C=O) groups is 3. The van der Waals surface area contributed by atoms with E-state index in [1.54, 1.807) is 7.11 Å². The van der Waals surface area contributed by atoms with Crippen molar-refractivity contribution >= 4 is 45.3 Å². The van der Waals surface area contributed by atoms with Crippen LogP contribution in [-0.4, -0.2) is 54.8 Å². The van der Waals surface area contributed by atoms with Gasteiger partial charge in [0.25, 0.3) is 0 Å². The van der Waals surface area contributed by atoms with E-state index in [-0.39, 0.29) is 36.8 Å². The number of carbonyl (C=O) groups excluding carboxylic acids is 3. The lowest BCUT2D eigenvalue weighted by molar-refractivity contribution is -0.142. The Morgan fingerprint density at radius 3 is 2.52 bits per heavy atom. The van der Waals surface area contributed by atoms with E-state index < -0.39 is 23.3 Å². The highest BCUT2D eigenvalue weighted by Gasteiger charge is 2.64. The van der Waals surface area contributed by atoms with Gasteiger partial charge in [0.2, 0.25) is 11.8 Å². The van der Waals surface area contributed by atoms with Crippen molar-refractivity contribution in [1.82, 2.24) is 4.90 Å². The number of ketones is 1. The molecule has 0 spiro atoms. The SMILES string of the molecule is COCCN1C(=O)[C@H]2[C@H](C1=O)[C@@H](C(=O)C(C)(C)C)N1c3ccc(Br)cc3C=C[C@H]21. The van der Waals surface area contributed by atoms with Crippen LogP contribution in [0.2, 0.25) is 0 Å². The smallest absolute Gasteiger partial charge is 0.235 e. The highest BCUT2D eigenvalue weighted by atomic mass is 79.9. The standard InChI is InChI=1S/C22H25BrN2O4/c1-22(2,3)19(26)18-17-16(20(27)24(21(17)28)9-10-29-4)15-7-5-12-11-13(23)6-8-14(12)25(15)18/h5-8,11,15-18H,9-10H2,1-4H3/t15-,16-,17+,18+/m1/s1. The number of nitrogens with zero attached hydrogens (tertiary/aromatic N) is 2. The van der Waals surface area contributed by atoms with E-state index in [9.17, 15) is 14.4 Å². The van der Waals surface area contributed by atoms with E-state index in [0.717, 1.165) is 15.7 Å². The predicted octanol–water partition coefficient (Wildman–Crippen LogP) is 2.90. The molecule has 4 rings (SSSR count). The van der Waals surface area contributed by atoms with E-state index in [2.05, 4.69) is 15.9 Å². The Bertz CT molecular complexity index is 920. The number of amides is 2. The number of hydrogen-bond acceptors (Lipinski definition) is 5. The molecule has 6 nitrogen and oxygen atoms in total. The molecule has 1 aromatic carbocycles. The number of imide groups is 1. The van der Waals surface area contributed by atoms with Crippen LogP contribution in [0.5, 0.6) is 0 Å². The summed E-state index contributed by atoms with van der Waals surface area (Å²) in [7, 11) is 1.54. The van der Waals surface area contributed by atoms with Gasteiger partial charge in [-0.05, 0) is 23.8 Å². The number of halogens is 1. The van der Waals surface area contributed by atoms with Gasteiger partial charge in [-0.1, -0.05) is 48.9 Å². The lowest BCUT2D eigenvalue weighted by Crippen LogP contribution is -2.51. The van der Waals surface area contributed by atoms with E-state index in [0.29, 0.717) is 0 Å². The topological polar surface area (TPSA) is 66.9 Å². The first-order valence-corrected chi connectivity index (χ1v) is 10.6. The van der Waals surface area contributed by atoms with Crippen LogP contribution in [0.1, 0.15) is 26.3 Å². The molecule has 0 unspecified atom stereocenters. The molecule has 0 aromatic heterocycles. The van der Waals surface area contributed by atoms with E-state index in [1.807, 2.05) is 56.0 Å². The van der Waals surface area contributed by atoms with Crippen molar-refractivity contribution in [1.29, 1.82) is 0 Å². The van der Waals surface area contributed by atoms with E-state index >= 15 is 0 Å². The van der Waals surface area contributed by atoms with Crippen LogP contribution in [0.15, 0.2) is 28.7 Å². The van der Waals surface area contributed by atoms with Crippen molar-refractivity contribution < 1.29 is 19.1 Å². The number of benzene rings is 1. The predicted molar refractivity (Wildman–Crippen MR) is 113 cm³/mol. The number of fused-ring (bicyclic) bond motifs is 5. The summed E-state index contributed by atoms with van der Waals surface area (Å²) in [6.45, 7) is 6.10. The lowest BCUT2D eigenvalue weighted by Gasteiger charge is -2.38. The van der Waals surface area contributed by atoms with Gasteiger partial charge in [0, 0.05) is 22.7 Å². The average Bonchev–Trinajstić information content (AvgIpc) is 3.12. The van der Waals surface area contributed by atoms with Crippen LogP contribution < -0.4 is 4.90 Å². The molecule has 2 fully saturated rings. The van der Waals surface area contributed by atoms with Crippen molar-refractivity contribution in [3.63, 3.8) is 0 Å². The van der Waals surface area contributed by atoms with E-state index in [1.165, 1.54) is 4.90 Å². The van der Waals surface area contributed by atoms with Crippen LogP contribution in [0, 0.1) is 17.3 Å². The summed E-state index contributed by atoms with van der Waals surface area (Å²) in [5.41, 5.74) is 1.23. The molecule has 0 N–H and O–H groups in total. The zero-order valence-electron chi connectivity index (χ0n) is 17.0. The maximum Gasteiger partial charge on any atom is 0.235 e. The zero-order valence-corrected chi connectivity index (χ0v) is 18.6. The summed E-state index contributed by atoms with van der Waals surface area (Å²) in [6, 6.07) is 4.89. The first-order chi connectivity index (χ1) is 13.7. The lowest BCUT2D eigenvalue weighted by atomic mass is 9.79. The molecule has 4 atom stereocenters. The Hall–Kier alpha value is -1.99. The maximum atomic E-state index is 13.5. The minimum Gasteiger partial charge on any atom is -0.383 e. The van der Waals surface area contributed by atoms with Gasteiger partial charge in [-0.3, -0.25) is 19.3 Å². The maximum absolute atomic E-state index is 13.5. The van der Waals surface area contributed by atoms with Gasteiger partial charge in [-0.15, -0.1) is 0 Å². The Morgan fingerprint density at radius 2 is 1.86 bits per heavy atom. The third-order valence-electron chi connectivity index (χ3n) is 6.09. The molecule has 3 aliphatic rings. The van der Waals surface area contributed by atoms with Gasteiger partial charge in [-0.25, -0.2) is 0 Å². The fraction of sp³-hybridized carbons (Fsp3) is 0.500. The molecule has 2 saturated heterocycles. The van der Waals surface area contributed by atoms with Crippen molar-refractivity contribution in [2.24, 2.45) is 17.3 Å². The second-order valence-electron chi connectivity index (χ2n) is 8.89. The Labute approximate surface area is 179 Å².